The third-order valence-corrected chi connectivity index (χ3v) is 4.03. The average Bonchev–Trinajstić information content (AvgIpc) is 3.22. The monoisotopic (exact) mass is 398 g/mol. The molecule has 0 atom stereocenters. The Morgan fingerprint density at radius 3 is 2.82 bits per heavy atom. The summed E-state index contributed by atoms with van der Waals surface area (Å²) in [5.41, 5.74) is 1.99. The van der Waals surface area contributed by atoms with E-state index in [0.29, 0.717) is 34.5 Å². The van der Waals surface area contributed by atoms with Crippen LogP contribution in [-0.2, 0) is 4.79 Å². The van der Waals surface area contributed by atoms with Gasteiger partial charge in [0.1, 0.15) is 12.7 Å². The van der Waals surface area contributed by atoms with Gasteiger partial charge in [-0.05, 0) is 48.9 Å². The van der Waals surface area contributed by atoms with Crippen molar-refractivity contribution in [3.8, 4) is 17.2 Å². The Morgan fingerprint density at radius 1 is 1.25 bits per heavy atom. The summed E-state index contributed by atoms with van der Waals surface area (Å²) in [6.45, 7) is 2.45. The summed E-state index contributed by atoms with van der Waals surface area (Å²) in [4.78, 5) is 16.3. The second-order valence-electron chi connectivity index (χ2n) is 5.67. The number of hydrogen-bond acceptors (Lipinski definition) is 5. The molecule has 0 saturated heterocycles. The molecule has 1 amide bonds. The molecule has 144 valence electrons. The van der Waals surface area contributed by atoms with Crippen LogP contribution in [0.25, 0.3) is 11.8 Å². The lowest BCUT2D eigenvalue weighted by atomic mass is 10.2. The van der Waals surface area contributed by atoms with Crippen molar-refractivity contribution in [1.29, 1.82) is 0 Å². The molecular weight excluding hydrogens is 380 g/mol. The van der Waals surface area contributed by atoms with Crippen LogP contribution in [0.2, 0.25) is 5.02 Å². The van der Waals surface area contributed by atoms with Gasteiger partial charge in [0.05, 0.1) is 25.1 Å². The molecule has 28 heavy (non-hydrogen) atoms. The largest absolute Gasteiger partial charge is 0.493 e. The molecule has 2 aromatic carbocycles. The van der Waals surface area contributed by atoms with Gasteiger partial charge >= 0.3 is 0 Å². The highest BCUT2D eigenvalue weighted by atomic mass is 35.5. The van der Waals surface area contributed by atoms with Gasteiger partial charge < -0.3 is 14.8 Å². The number of amides is 1. The minimum Gasteiger partial charge on any atom is -0.493 e. The van der Waals surface area contributed by atoms with Crippen LogP contribution in [0, 0.1) is 0 Å². The number of halogens is 1. The smallest absolute Gasteiger partial charge is 0.248 e. The molecule has 0 spiro atoms. The fraction of sp³-hybridized carbons (Fsp3) is 0.150. The number of carbonyl (C=O) groups is 1. The number of nitrogens with one attached hydrogen (secondary N) is 1. The Morgan fingerprint density at radius 2 is 2.11 bits per heavy atom. The van der Waals surface area contributed by atoms with E-state index in [0.717, 1.165) is 5.56 Å². The van der Waals surface area contributed by atoms with Crippen molar-refractivity contribution in [1.82, 2.24) is 14.8 Å². The number of carbonyl (C=O) groups excluding carboxylic acids is 1. The minimum absolute atomic E-state index is 0.309. The summed E-state index contributed by atoms with van der Waals surface area (Å²) in [5.74, 6) is 0.951. The average molecular weight is 399 g/mol. The zero-order valence-electron chi connectivity index (χ0n) is 15.4. The number of anilines is 1. The van der Waals surface area contributed by atoms with Crippen molar-refractivity contribution in [2.75, 3.05) is 19.0 Å². The quantitative estimate of drug-likeness (QED) is 0.609. The van der Waals surface area contributed by atoms with E-state index in [1.54, 1.807) is 54.5 Å². The molecule has 8 heteroatoms. The SMILES string of the molecule is CCOc1ccc(C=CC(=O)Nc2cc(Cl)ccc2-n2cncn2)cc1OC. The molecule has 1 N–H and O–H groups in total. The van der Waals surface area contributed by atoms with Crippen LogP contribution in [-0.4, -0.2) is 34.4 Å². The highest BCUT2D eigenvalue weighted by molar-refractivity contribution is 6.31. The Hall–Kier alpha value is -3.32. The van der Waals surface area contributed by atoms with Crippen molar-refractivity contribution in [3.05, 3.63) is 65.7 Å². The van der Waals surface area contributed by atoms with Crippen molar-refractivity contribution in [2.45, 2.75) is 6.92 Å². The molecule has 0 radical (unpaired) electrons. The van der Waals surface area contributed by atoms with Crippen LogP contribution in [0.3, 0.4) is 0 Å². The van der Waals surface area contributed by atoms with Gasteiger partial charge in [-0.1, -0.05) is 17.7 Å². The first-order chi connectivity index (χ1) is 13.6. The van der Waals surface area contributed by atoms with Crippen LogP contribution >= 0.6 is 11.6 Å². The first-order valence-electron chi connectivity index (χ1n) is 8.55. The van der Waals surface area contributed by atoms with E-state index in [1.165, 1.54) is 12.4 Å². The van der Waals surface area contributed by atoms with Gasteiger partial charge in [-0.15, -0.1) is 0 Å². The Labute approximate surface area is 167 Å². The summed E-state index contributed by atoms with van der Waals surface area (Å²) in [7, 11) is 1.57. The number of ether oxygens (including phenoxy) is 2. The zero-order chi connectivity index (χ0) is 19.9. The number of benzene rings is 2. The van der Waals surface area contributed by atoms with E-state index >= 15 is 0 Å². The molecule has 0 unspecified atom stereocenters. The van der Waals surface area contributed by atoms with Crippen LogP contribution in [0.4, 0.5) is 5.69 Å². The van der Waals surface area contributed by atoms with Gasteiger partial charge in [0.25, 0.3) is 0 Å². The van der Waals surface area contributed by atoms with Crippen LogP contribution in [0.5, 0.6) is 11.5 Å². The molecule has 1 heterocycles. The third kappa shape index (κ3) is 4.69. The van der Waals surface area contributed by atoms with E-state index < -0.39 is 0 Å². The van der Waals surface area contributed by atoms with E-state index in [2.05, 4.69) is 15.4 Å². The molecule has 0 aliphatic carbocycles. The summed E-state index contributed by atoms with van der Waals surface area (Å²) in [6.07, 6.45) is 6.08. The third-order valence-electron chi connectivity index (χ3n) is 3.80. The normalized spacial score (nSPS) is 10.8. The first kappa shape index (κ1) is 19.4. The summed E-state index contributed by atoms with van der Waals surface area (Å²) < 4.78 is 12.4. The fourth-order valence-electron chi connectivity index (χ4n) is 2.55. The number of nitrogens with zero attached hydrogens (tertiary/aromatic N) is 3. The van der Waals surface area contributed by atoms with Crippen LogP contribution < -0.4 is 14.8 Å². The summed E-state index contributed by atoms with van der Waals surface area (Å²) in [6, 6.07) is 10.6. The van der Waals surface area contributed by atoms with E-state index in [1.807, 2.05) is 13.0 Å². The molecule has 0 saturated carbocycles. The lowest BCUT2D eigenvalue weighted by Crippen LogP contribution is -2.11. The molecule has 7 nitrogen and oxygen atoms in total. The minimum atomic E-state index is -0.309. The Bertz CT molecular complexity index is 987. The number of hydrogen-bond donors (Lipinski definition) is 1. The molecule has 1 aromatic heterocycles. The number of rotatable bonds is 7. The van der Waals surface area contributed by atoms with Gasteiger partial charge in [-0.3, -0.25) is 4.79 Å². The lowest BCUT2D eigenvalue weighted by molar-refractivity contribution is -0.111. The van der Waals surface area contributed by atoms with Crippen LogP contribution in [0.15, 0.2) is 55.1 Å². The van der Waals surface area contributed by atoms with Crippen molar-refractivity contribution in [3.63, 3.8) is 0 Å². The number of methoxy groups -OCH3 is 1. The van der Waals surface area contributed by atoms with Gasteiger partial charge in [-0.2, -0.15) is 5.10 Å². The van der Waals surface area contributed by atoms with E-state index in [-0.39, 0.29) is 5.91 Å². The Kier molecular flexibility index (Phi) is 6.29. The maximum absolute atomic E-state index is 12.4. The maximum Gasteiger partial charge on any atom is 0.248 e. The second kappa shape index (κ2) is 9.05. The van der Waals surface area contributed by atoms with E-state index in [9.17, 15) is 4.79 Å². The van der Waals surface area contributed by atoms with Crippen molar-refractivity contribution in [2.24, 2.45) is 0 Å². The van der Waals surface area contributed by atoms with Gasteiger partial charge in [0, 0.05) is 11.1 Å². The first-order valence-corrected chi connectivity index (χ1v) is 8.93. The molecule has 0 aliphatic rings. The van der Waals surface area contributed by atoms with E-state index in [4.69, 9.17) is 21.1 Å². The highest BCUT2D eigenvalue weighted by Crippen LogP contribution is 2.28. The van der Waals surface area contributed by atoms with Gasteiger partial charge in [0.15, 0.2) is 11.5 Å². The molecule has 0 fully saturated rings. The van der Waals surface area contributed by atoms with Crippen molar-refractivity contribution < 1.29 is 14.3 Å². The zero-order valence-corrected chi connectivity index (χ0v) is 16.2. The lowest BCUT2D eigenvalue weighted by Gasteiger charge is -2.10. The fourth-order valence-corrected chi connectivity index (χ4v) is 2.72. The Balaban J connectivity index is 1.77. The van der Waals surface area contributed by atoms with Crippen LogP contribution in [0.1, 0.15) is 12.5 Å². The maximum atomic E-state index is 12.4. The predicted molar refractivity (Wildman–Crippen MR) is 108 cm³/mol. The molecule has 3 aromatic rings. The highest BCUT2D eigenvalue weighted by Gasteiger charge is 2.09. The molecule has 0 aliphatic heterocycles. The van der Waals surface area contributed by atoms with Gasteiger partial charge in [0.2, 0.25) is 5.91 Å². The summed E-state index contributed by atoms with van der Waals surface area (Å²) in [5, 5.41) is 7.40. The van der Waals surface area contributed by atoms with Gasteiger partial charge in [-0.25, -0.2) is 9.67 Å². The molecule has 0 bridgehead atoms. The van der Waals surface area contributed by atoms with Crippen molar-refractivity contribution >= 4 is 29.3 Å². The standard InChI is InChI=1S/C20H19ClN4O3/c1-3-28-18-8-4-14(10-19(18)27-2)5-9-20(26)24-16-11-15(21)6-7-17(16)25-13-22-12-23-25/h4-13H,3H2,1-2H3,(H,24,26). The predicted octanol–water partition coefficient (Wildman–Crippen LogP) is 3.98. The second-order valence-corrected chi connectivity index (χ2v) is 6.10. The topological polar surface area (TPSA) is 78.3 Å². The summed E-state index contributed by atoms with van der Waals surface area (Å²) >= 11 is 6.07. The number of aromatic nitrogens is 3. The molecule has 3 rings (SSSR count). The molecular formula is C20H19ClN4O3.